The fourth-order valence-corrected chi connectivity index (χ4v) is 3.41. The maximum absolute atomic E-state index is 14.5. The first-order valence-electron chi connectivity index (χ1n) is 9.26. The quantitative estimate of drug-likeness (QED) is 0.515. The van der Waals surface area contributed by atoms with Gasteiger partial charge in [0.2, 0.25) is 5.91 Å². The Kier molecular flexibility index (Phi) is 5.39. The number of anilines is 2. The van der Waals surface area contributed by atoms with Crippen molar-refractivity contribution in [3.63, 3.8) is 0 Å². The number of aliphatic hydroxyl groups is 1. The average molecular weight is 396 g/mol. The van der Waals surface area contributed by atoms with Crippen LogP contribution in [0.4, 0.5) is 15.8 Å². The minimum atomic E-state index is -0.736. The van der Waals surface area contributed by atoms with Gasteiger partial charge in [0, 0.05) is 47.2 Å². The number of aliphatic hydroxyl groups excluding tert-OH is 1. The summed E-state index contributed by atoms with van der Waals surface area (Å²) in [6.45, 7) is 0.928. The van der Waals surface area contributed by atoms with Crippen molar-refractivity contribution in [1.29, 1.82) is 0 Å². The molecule has 3 heterocycles. The van der Waals surface area contributed by atoms with Crippen molar-refractivity contribution in [2.45, 2.75) is 6.17 Å². The maximum Gasteiger partial charge on any atom is 0.235 e. The second-order valence-corrected chi connectivity index (χ2v) is 6.75. The summed E-state index contributed by atoms with van der Waals surface area (Å²) >= 11 is 0. The topological polar surface area (TPSA) is 110 Å². The van der Waals surface area contributed by atoms with Gasteiger partial charge in [-0.25, -0.2) is 9.38 Å². The minimum Gasteiger partial charge on any atom is -0.395 e. The van der Waals surface area contributed by atoms with Crippen LogP contribution >= 0.6 is 0 Å². The maximum atomic E-state index is 14.5. The van der Waals surface area contributed by atoms with Crippen LogP contribution in [0.1, 0.15) is 0 Å². The van der Waals surface area contributed by atoms with E-state index in [2.05, 4.69) is 31.3 Å². The molecule has 0 saturated carbocycles. The second kappa shape index (κ2) is 8.27. The van der Waals surface area contributed by atoms with Crippen molar-refractivity contribution in [3.8, 4) is 0 Å². The van der Waals surface area contributed by atoms with Crippen LogP contribution in [0.3, 0.4) is 0 Å². The highest BCUT2D eigenvalue weighted by molar-refractivity contribution is 5.91. The molecule has 1 aromatic rings. The second-order valence-electron chi connectivity index (χ2n) is 6.75. The van der Waals surface area contributed by atoms with Crippen molar-refractivity contribution in [3.05, 3.63) is 59.2 Å². The van der Waals surface area contributed by atoms with Gasteiger partial charge in [0.1, 0.15) is 24.2 Å². The third kappa shape index (κ3) is 4.04. The van der Waals surface area contributed by atoms with Crippen LogP contribution < -0.4 is 21.3 Å². The van der Waals surface area contributed by atoms with Gasteiger partial charge in [-0.15, -0.1) is 0 Å². The number of hydrogen-bond donors (Lipinski definition) is 5. The van der Waals surface area contributed by atoms with E-state index in [-0.39, 0.29) is 12.5 Å². The predicted octanol–water partition coefficient (Wildman–Crippen LogP) is 1.28. The molecule has 3 aliphatic heterocycles. The van der Waals surface area contributed by atoms with Crippen LogP contribution in [0.25, 0.3) is 0 Å². The molecule has 9 heteroatoms. The molecule has 2 atom stereocenters. The summed E-state index contributed by atoms with van der Waals surface area (Å²) in [5.74, 6) is -1.50. The molecule has 0 radical (unpaired) electrons. The van der Waals surface area contributed by atoms with Gasteiger partial charge >= 0.3 is 0 Å². The summed E-state index contributed by atoms with van der Waals surface area (Å²) in [5, 5.41) is 21.0. The van der Waals surface area contributed by atoms with Crippen LogP contribution in [-0.4, -0.2) is 49.4 Å². The molecule has 1 aromatic carbocycles. The zero-order valence-electron chi connectivity index (χ0n) is 15.5. The summed E-state index contributed by atoms with van der Waals surface area (Å²) in [6, 6.07) is 7.43. The Labute approximate surface area is 167 Å². The first-order valence-corrected chi connectivity index (χ1v) is 9.26. The predicted molar refractivity (Wildman–Crippen MR) is 110 cm³/mol. The molecule has 150 valence electrons. The number of benzene rings is 1. The van der Waals surface area contributed by atoms with Gasteiger partial charge in [0.05, 0.1) is 13.2 Å². The van der Waals surface area contributed by atoms with Crippen LogP contribution in [0.15, 0.2) is 69.2 Å². The summed E-state index contributed by atoms with van der Waals surface area (Å²) < 4.78 is 14.5. The Hall–Kier alpha value is -3.46. The van der Waals surface area contributed by atoms with Crippen LogP contribution in [0, 0.1) is 5.92 Å². The molecular weight excluding hydrogens is 375 g/mol. The zero-order chi connectivity index (χ0) is 20.2. The molecule has 0 aliphatic carbocycles. The highest BCUT2D eigenvalue weighted by Crippen LogP contribution is 2.33. The van der Waals surface area contributed by atoms with Crippen molar-refractivity contribution >= 4 is 29.8 Å². The largest absolute Gasteiger partial charge is 0.395 e. The Balaban J connectivity index is 1.62. The highest BCUT2D eigenvalue weighted by atomic mass is 19.1. The third-order valence-corrected chi connectivity index (χ3v) is 4.81. The van der Waals surface area contributed by atoms with E-state index in [1.807, 2.05) is 24.3 Å². The van der Waals surface area contributed by atoms with Gasteiger partial charge in [0.15, 0.2) is 0 Å². The third-order valence-electron chi connectivity index (χ3n) is 4.81. The number of aliphatic imine (C=N–C) groups is 2. The van der Waals surface area contributed by atoms with Gasteiger partial charge in [-0.3, -0.25) is 9.79 Å². The monoisotopic (exact) mass is 396 g/mol. The molecule has 0 fully saturated rings. The number of amides is 1. The van der Waals surface area contributed by atoms with Gasteiger partial charge < -0.3 is 26.4 Å². The highest BCUT2D eigenvalue weighted by Gasteiger charge is 2.39. The Morgan fingerprint density at radius 1 is 1.24 bits per heavy atom. The van der Waals surface area contributed by atoms with Crippen molar-refractivity contribution < 1.29 is 14.3 Å². The van der Waals surface area contributed by atoms with E-state index < -0.39 is 17.9 Å². The molecule has 0 aromatic heterocycles. The van der Waals surface area contributed by atoms with Crippen molar-refractivity contribution in [2.75, 3.05) is 30.3 Å². The molecule has 2 unspecified atom stereocenters. The molecule has 5 N–H and O–H groups in total. The Bertz CT molecular complexity index is 948. The molecular formula is C20H21FN6O2. The fourth-order valence-electron chi connectivity index (χ4n) is 3.41. The minimum absolute atomic E-state index is 0.0434. The molecule has 0 bridgehead atoms. The fraction of sp³-hybridized carbons (Fsp3) is 0.250. The number of fused-ring (bicyclic) bond motifs is 1. The SMILES string of the molecule is O=C1NC=C(F)C2=CC(=C3C=NC=NC3)NC(Nc3ccc(NCCO)cc3)C12. The zero-order valence-corrected chi connectivity index (χ0v) is 15.5. The van der Waals surface area contributed by atoms with E-state index in [1.54, 1.807) is 12.3 Å². The average Bonchev–Trinajstić information content (AvgIpc) is 2.76. The number of nitrogens with zero attached hydrogens (tertiary/aromatic N) is 2. The number of rotatable bonds is 5. The van der Waals surface area contributed by atoms with Crippen LogP contribution in [0.5, 0.6) is 0 Å². The molecule has 4 rings (SSSR count). The van der Waals surface area contributed by atoms with Crippen molar-refractivity contribution in [2.24, 2.45) is 15.9 Å². The lowest BCUT2D eigenvalue weighted by Crippen LogP contribution is -2.52. The van der Waals surface area contributed by atoms with Crippen LogP contribution in [-0.2, 0) is 4.79 Å². The van der Waals surface area contributed by atoms with Gasteiger partial charge in [-0.05, 0) is 30.3 Å². The Morgan fingerprint density at radius 2 is 2.03 bits per heavy atom. The van der Waals surface area contributed by atoms with E-state index in [0.29, 0.717) is 24.4 Å². The summed E-state index contributed by atoms with van der Waals surface area (Å²) in [5.41, 5.74) is 3.43. The number of halogens is 1. The normalized spacial score (nSPS) is 25.4. The molecule has 0 spiro atoms. The van der Waals surface area contributed by atoms with Gasteiger partial charge in [0.25, 0.3) is 0 Å². The lowest BCUT2D eigenvalue weighted by atomic mass is 9.87. The molecule has 3 aliphatic rings. The van der Waals surface area contributed by atoms with E-state index >= 15 is 0 Å². The summed E-state index contributed by atoms with van der Waals surface area (Å²) in [7, 11) is 0. The van der Waals surface area contributed by atoms with E-state index in [9.17, 15) is 9.18 Å². The van der Waals surface area contributed by atoms with E-state index in [4.69, 9.17) is 5.11 Å². The Morgan fingerprint density at radius 3 is 2.76 bits per heavy atom. The first kappa shape index (κ1) is 18.9. The van der Waals surface area contributed by atoms with Crippen LogP contribution in [0.2, 0.25) is 0 Å². The lowest BCUT2D eigenvalue weighted by molar-refractivity contribution is -0.124. The molecule has 0 saturated heterocycles. The number of hydrogen-bond acceptors (Lipinski definition) is 7. The number of nitrogens with one attached hydrogen (secondary N) is 4. The summed E-state index contributed by atoms with van der Waals surface area (Å²) in [4.78, 5) is 20.7. The van der Waals surface area contributed by atoms with E-state index in [0.717, 1.165) is 23.1 Å². The first-order chi connectivity index (χ1) is 14.2. The molecule has 1 amide bonds. The number of allylic oxidation sites excluding steroid dienone is 2. The lowest BCUT2D eigenvalue weighted by Gasteiger charge is -2.37. The number of carbonyl (C=O) groups excluding carboxylic acids is 1. The standard InChI is InChI=1S/C20H21FN6O2/c21-16-10-25-20(29)18-15(16)7-17(12-8-22-11-23-9-12)27-19(18)26-14-3-1-13(2-4-14)24-5-6-28/h1-4,7-8,10-11,18-19,24,26-28H,5-6,9H2,(H,25,29). The molecule has 8 nitrogen and oxygen atoms in total. The van der Waals surface area contributed by atoms with E-state index in [1.165, 1.54) is 6.34 Å². The smallest absolute Gasteiger partial charge is 0.235 e. The summed E-state index contributed by atoms with van der Waals surface area (Å²) in [6.07, 6.45) is 5.32. The van der Waals surface area contributed by atoms with Crippen molar-refractivity contribution in [1.82, 2.24) is 10.6 Å². The molecule has 29 heavy (non-hydrogen) atoms. The van der Waals surface area contributed by atoms with Gasteiger partial charge in [-0.1, -0.05) is 0 Å². The number of carbonyl (C=O) groups is 1. The van der Waals surface area contributed by atoms with Gasteiger partial charge in [-0.2, -0.15) is 0 Å².